The van der Waals surface area contributed by atoms with E-state index in [-0.39, 0.29) is 0 Å². The van der Waals surface area contributed by atoms with Crippen molar-refractivity contribution >= 4 is 5.69 Å². The molecular formula is C19H33N. The quantitative estimate of drug-likeness (QED) is 0.572. The third-order valence-electron chi connectivity index (χ3n) is 4.11. The summed E-state index contributed by atoms with van der Waals surface area (Å²) in [5.41, 5.74) is 2.80. The summed E-state index contributed by atoms with van der Waals surface area (Å²) in [4.78, 5) is 2.39. The van der Waals surface area contributed by atoms with E-state index in [1.54, 1.807) is 0 Å². The minimum Gasteiger partial charge on any atom is -0.375 e. The van der Waals surface area contributed by atoms with E-state index in [0.29, 0.717) is 0 Å². The molecule has 1 aromatic rings. The molecule has 0 aromatic heterocycles. The zero-order chi connectivity index (χ0) is 15.0. The summed E-state index contributed by atoms with van der Waals surface area (Å²) in [5.74, 6) is 1.67. The van der Waals surface area contributed by atoms with E-state index in [4.69, 9.17) is 0 Å². The predicted octanol–water partition coefficient (Wildman–Crippen LogP) is 5.54. The lowest BCUT2D eigenvalue weighted by atomic mass is 9.96. The van der Waals surface area contributed by atoms with Crippen molar-refractivity contribution in [2.45, 2.75) is 59.8 Å². The summed E-state index contributed by atoms with van der Waals surface area (Å²) in [5, 5.41) is 0. The van der Waals surface area contributed by atoms with Crippen LogP contribution in [0.25, 0.3) is 0 Å². The van der Waals surface area contributed by atoms with E-state index in [1.165, 1.54) is 43.4 Å². The monoisotopic (exact) mass is 275 g/mol. The number of anilines is 1. The van der Waals surface area contributed by atoms with Crippen LogP contribution in [0.3, 0.4) is 0 Å². The van der Waals surface area contributed by atoms with Crippen molar-refractivity contribution in [2.24, 2.45) is 11.8 Å². The predicted molar refractivity (Wildman–Crippen MR) is 91.6 cm³/mol. The van der Waals surface area contributed by atoms with E-state index < -0.39 is 0 Å². The molecule has 1 nitrogen and oxygen atoms in total. The van der Waals surface area contributed by atoms with Crippen LogP contribution in [0.1, 0.15) is 58.9 Å². The van der Waals surface area contributed by atoms with Crippen LogP contribution < -0.4 is 4.90 Å². The van der Waals surface area contributed by atoms with Gasteiger partial charge in [0.15, 0.2) is 0 Å². The summed E-state index contributed by atoms with van der Waals surface area (Å²) in [7, 11) is 2.21. The van der Waals surface area contributed by atoms with Gasteiger partial charge in [-0.25, -0.2) is 0 Å². The van der Waals surface area contributed by atoms with Crippen molar-refractivity contribution < 1.29 is 0 Å². The Kier molecular flexibility index (Phi) is 7.72. The Morgan fingerprint density at radius 3 is 2.15 bits per heavy atom. The molecule has 0 bridgehead atoms. The van der Waals surface area contributed by atoms with Crippen LogP contribution in [0.15, 0.2) is 24.3 Å². The first-order chi connectivity index (χ1) is 9.52. The number of hydrogen-bond acceptors (Lipinski definition) is 1. The van der Waals surface area contributed by atoms with Crippen LogP contribution in [0.2, 0.25) is 0 Å². The Hall–Kier alpha value is -0.980. The smallest absolute Gasteiger partial charge is 0.0363 e. The van der Waals surface area contributed by atoms with Gasteiger partial charge < -0.3 is 4.90 Å². The normalized spacial score (nSPS) is 12.7. The fourth-order valence-corrected chi connectivity index (χ4v) is 2.51. The zero-order valence-corrected chi connectivity index (χ0v) is 14.2. The molecule has 0 aliphatic rings. The molecule has 1 atom stereocenters. The molecular weight excluding hydrogens is 242 g/mol. The van der Waals surface area contributed by atoms with Gasteiger partial charge in [-0.1, -0.05) is 59.1 Å². The van der Waals surface area contributed by atoms with E-state index in [0.717, 1.165) is 18.4 Å². The summed E-state index contributed by atoms with van der Waals surface area (Å²) in [6, 6.07) is 9.09. The maximum absolute atomic E-state index is 2.39. The summed E-state index contributed by atoms with van der Waals surface area (Å²) < 4.78 is 0. The van der Waals surface area contributed by atoms with Crippen LogP contribution in [0, 0.1) is 11.8 Å². The molecule has 0 aliphatic heterocycles. The van der Waals surface area contributed by atoms with Gasteiger partial charge in [-0.15, -0.1) is 0 Å². The Labute approximate surface area is 126 Å². The fraction of sp³-hybridized carbons (Fsp3) is 0.684. The third-order valence-corrected chi connectivity index (χ3v) is 4.11. The lowest BCUT2D eigenvalue weighted by molar-refractivity contribution is 0.430. The molecule has 0 amide bonds. The van der Waals surface area contributed by atoms with Crippen LogP contribution in [0.4, 0.5) is 5.69 Å². The van der Waals surface area contributed by atoms with Crippen LogP contribution >= 0.6 is 0 Å². The van der Waals surface area contributed by atoms with E-state index >= 15 is 0 Å². The molecule has 0 saturated carbocycles. The van der Waals surface area contributed by atoms with Gasteiger partial charge in [-0.2, -0.15) is 0 Å². The molecule has 1 rings (SSSR count). The Morgan fingerprint density at radius 1 is 0.950 bits per heavy atom. The van der Waals surface area contributed by atoms with Crippen LogP contribution in [0.5, 0.6) is 0 Å². The van der Waals surface area contributed by atoms with Crippen molar-refractivity contribution in [3.8, 4) is 0 Å². The highest BCUT2D eigenvalue weighted by atomic mass is 15.1. The van der Waals surface area contributed by atoms with Gasteiger partial charge in [0.25, 0.3) is 0 Å². The number of nitrogens with zero attached hydrogens (tertiary/aromatic N) is 1. The molecule has 1 unspecified atom stereocenters. The highest BCUT2D eigenvalue weighted by molar-refractivity contribution is 5.46. The molecule has 1 aromatic carbocycles. The van der Waals surface area contributed by atoms with Gasteiger partial charge in [0.2, 0.25) is 0 Å². The van der Waals surface area contributed by atoms with Gasteiger partial charge in [0.1, 0.15) is 0 Å². The maximum atomic E-state index is 2.39. The molecule has 0 saturated heterocycles. The lowest BCUT2D eigenvalue weighted by Crippen LogP contribution is -2.20. The second-order valence-electron chi connectivity index (χ2n) is 6.70. The second kappa shape index (κ2) is 9.05. The summed E-state index contributed by atoms with van der Waals surface area (Å²) in [6.45, 7) is 10.4. The number of rotatable bonds is 9. The average Bonchev–Trinajstić information content (AvgIpc) is 2.43. The van der Waals surface area contributed by atoms with Gasteiger partial charge in [0.05, 0.1) is 0 Å². The minimum absolute atomic E-state index is 0.833. The van der Waals surface area contributed by atoms with Gasteiger partial charge >= 0.3 is 0 Å². The first-order valence-corrected chi connectivity index (χ1v) is 8.33. The Bertz CT molecular complexity index is 353. The first kappa shape index (κ1) is 17.1. The SMILES string of the molecule is CCCc1ccc(N(C)CCC(C)CCC(C)C)cc1. The topological polar surface area (TPSA) is 3.24 Å². The molecule has 0 spiro atoms. The molecule has 114 valence electrons. The van der Waals surface area contributed by atoms with Crippen molar-refractivity contribution in [2.75, 3.05) is 18.5 Å². The van der Waals surface area contributed by atoms with Crippen LogP contribution in [-0.4, -0.2) is 13.6 Å². The Morgan fingerprint density at radius 2 is 1.60 bits per heavy atom. The van der Waals surface area contributed by atoms with E-state index in [2.05, 4.69) is 63.9 Å². The van der Waals surface area contributed by atoms with Crippen molar-refractivity contribution in [1.29, 1.82) is 0 Å². The van der Waals surface area contributed by atoms with Crippen molar-refractivity contribution in [3.63, 3.8) is 0 Å². The standard InChI is InChI=1S/C19H33N/c1-6-7-18-10-12-19(13-11-18)20(5)15-14-17(4)9-8-16(2)3/h10-13,16-17H,6-9,14-15H2,1-5H3. The highest BCUT2D eigenvalue weighted by Gasteiger charge is 2.07. The molecule has 20 heavy (non-hydrogen) atoms. The molecule has 0 radical (unpaired) electrons. The average molecular weight is 275 g/mol. The van der Waals surface area contributed by atoms with Crippen molar-refractivity contribution in [1.82, 2.24) is 0 Å². The lowest BCUT2D eigenvalue weighted by Gasteiger charge is -2.22. The summed E-state index contributed by atoms with van der Waals surface area (Å²) in [6.07, 6.45) is 6.43. The van der Waals surface area contributed by atoms with E-state index in [9.17, 15) is 0 Å². The fourth-order valence-electron chi connectivity index (χ4n) is 2.51. The summed E-state index contributed by atoms with van der Waals surface area (Å²) >= 11 is 0. The molecule has 0 aliphatic carbocycles. The van der Waals surface area contributed by atoms with Gasteiger partial charge in [-0.3, -0.25) is 0 Å². The highest BCUT2D eigenvalue weighted by Crippen LogP contribution is 2.19. The van der Waals surface area contributed by atoms with Crippen molar-refractivity contribution in [3.05, 3.63) is 29.8 Å². The van der Waals surface area contributed by atoms with Gasteiger partial charge in [0, 0.05) is 19.3 Å². The number of hydrogen-bond donors (Lipinski definition) is 0. The molecule has 0 heterocycles. The van der Waals surface area contributed by atoms with Gasteiger partial charge in [-0.05, 0) is 42.4 Å². The molecule has 1 heteroatoms. The minimum atomic E-state index is 0.833. The van der Waals surface area contributed by atoms with Crippen LogP contribution in [-0.2, 0) is 6.42 Å². The Balaban J connectivity index is 2.36. The van der Waals surface area contributed by atoms with E-state index in [1.807, 2.05) is 0 Å². The number of aryl methyl sites for hydroxylation is 1. The number of benzene rings is 1. The molecule has 0 fully saturated rings. The third kappa shape index (κ3) is 6.45. The zero-order valence-electron chi connectivity index (χ0n) is 14.2. The second-order valence-corrected chi connectivity index (χ2v) is 6.70. The maximum Gasteiger partial charge on any atom is 0.0363 e. The molecule has 0 N–H and O–H groups in total. The largest absolute Gasteiger partial charge is 0.375 e. The first-order valence-electron chi connectivity index (χ1n) is 8.33.